The molecule has 0 aliphatic carbocycles. The summed E-state index contributed by atoms with van der Waals surface area (Å²) in [5, 5.41) is 0. The third kappa shape index (κ3) is 3.51. The van der Waals surface area contributed by atoms with E-state index >= 15 is 0 Å². The number of aromatic nitrogens is 1. The lowest BCUT2D eigenvalue weighted by atomic mass is 9.89. The Morgan fingerprint density at radius 2 is 2.18 bits per heavy atom. The molecule has 94 valence electrons. The number of pyridine rings is 1. The third-order valence-electron chi connectivity index (χ3n) is 3.61. The van der Waals surface area contributed by atoms with Crippen molar-refractivity contribution >= 4 is 0 Å². The highest BCUT2D eigenvalue weighted by molar-refractivity contribution is 5.14. The standard InChI is InChI=1S/C14H22N2O/c1-2-11-3-4-13(16-10-11)9-14(15)12-5-7-17-8-6-12/h3-4,10,12,14H,2,5-9,15H2,1H3. The first-order valence-electron chi connectivity index (χ1n) is 6.56. The molecule has 1 aliphatic rings. The molecular weight excluding hydrogens is 212 g/mol. The monoisotopic (exact) mass is 234 g/mol. The van der Waals surface area contributed by atoms with Gasteiger partial charge in [-0.25, -0.2) is 0 Å². The van der Waals surface area contributed by atoms with E-state index in [0.717, 1.165) is 44.6 Å². The van der Waals surface area contributed by atoms with Crippen LogP contribution in [0.25, 0.3) is 0 Å². The van der Waals surface area contributed by atoms with Crippen LogP contribution in [0, 0.1) is 5.92 Å². The lowest BCUT2D eigenvalue weighted by Crippen LogP contribution is -2.36. The van der Waals surface area contributed by atoms with Gasteiger partial charge in [-0.2, -0.15) is 0 Å². The summed E-state index contributed by atoms with van der Waals surface area (Å²) in [7, 11) is 0. The van der Waals surface area contributed by atoms with E-state index in [1.165, 1.54) is 5.56 Å². The maximum atomic E-state index is 6.26. The molecule has 17 heavy (non-hydrogen) atoms. The second kappa shape index (κ2) is 6.12. The van der Waals surface area contributed by atoms with Crippen LogP contribution in [0.15, 0.2) is 18.3 Å². The van der Waals surface area contributed by atoms with E-state index in [4.69, 9.17) is 10.5 Å². The van der Waals surface area contributed by atoms with Gasteiger partial charge in [-0.1, -0.05) is 13.0 Å². The third-order valence-corrected chi connectivity index (χ3v) is 3.61. The van der Waals surface area contributed by atoms with Gasteiger partial charge in [-0.15, -0.1) is 0 Å². The van der Waals surface area contributed by atoms with E-state index < -0.39 is 0 Å². The number of hydrogen-bond donors (Lipinski definition) is 1. The van der Waals surface area contributed by atoms with Gasteiger partial charge in [0, 0.05) is 37.6 Å². The summed E-state index contributed by atoms with van der Waals surface area (Å²) >= 11 is 0. The molecule has 0 aromatic carbocycles. The molecule has 1 aliphatic heterocycles. The summed E-state index contributed by atoms with van der Waals surface area (Å²) in [4.78, 5) is 4.47. The molecule has 0 bridgehead atoms. The van der Waals surface area contributed by atoms with E-state index in [2.05, 4.69) is 24.0 Å². The van der Waals surface area contributed by atoms with Gasteiger partial charge < -0.3 is 10.5 Å². The average Bonchev–Trinajstić information content (AvgIpc) is 2.40. The van der Waals surface area contributed by atoms with Crippen molar-refractivity contribution < 1.29 is 4.74 Å². The fraction of sp³-hybridized carbons (Fsp3) is 0.643. The van der Waals surface area contributed by atoms with Crippen LogP contribution in [0.1, 0.15) is 31.0 Å². The first-order chi connectivity index (χ1) is 8.29. The molecule has 0 amide bonds. The van der Waals surface area contributed by atoms with Gasteiger partial charge in [-0.3, -0.25) is 4.98 Å². The maximum absolute atomic E-state index is 6.26. The lowest BCUT2D eigenvalue weighted by Gasteiger charge is -2.27. The fourth-order valence-electron chi connectivity index (χ4n) is 2.34. The number of aryl methyl sites for hydroxylation is 1. The van der Waals surface area contributed by atoms with E-state index in [1.807, 2.05) is 6.20 Å². The van der Waals surface area contributed by atoms with Crippen LogP contribution in [-0.4, -0.2) is 24.2 Å². The number of nitrogens with zero attached hydrogens (tertiary/aromatic N) is 1. The van der Waals surface area contributed by atoms with Crippen LogP contribution in [0.3, 0.4) is 0 Å². The molecule has 2 heterocycles. The largest absolute Gasteiger partial charge is 0.381 e. The molecule has 1 aromatic rings. The molecule has 0 radical (unpaired) electrons. The SMILES string of the molecule is CCc1ccc(CC(N)C2CCOCC2)nc1. The van der Waals surface area contributed by atoms with Crippen molar-refractivity contribution in [3.8, 4) is 0 Å². The number of rotatable bonds is 4. The molecule has 2 rings (SSSR count). The zero-order valence-electron chi connectivity index (χ0n) is 10.6. The van der Waals surface area contributed by atoms with Crippen molar-refractivity contribution in [3.63, 3.8) is 0 Å². The Hall–Kier alpha value is -0.930. The van der Waals surface area contributed by atoms with Crippen LogP contribution in [0.5, 0.6) is 0 Å². The topological polar surface area (TPSA) is 48.1 Å². The van der Waals surface area contributed by atoms with Gasteiger partial charge in [0.2, 0.25) is 0 Å². The van der Waals surface area contributed by atoms with Crippen LogP contribution in [0.2, 0.25) is 0 Å². The van der Waals surface area contributed by atoms with E-state index in [0.29, 0.717) is 5.92 Å². The molecule has 1 aromatic heterocycles. The first-order valence-corrected chi connectivity index (χ1v) is 6.56. The summed E-state index contributed by atoms with van der Waals surface area (Å²) in [5.74, 6) is 0.594. The molecule has 0 spiro atoms. The second-order valence-corrected chi connectivity index (χ2v) is 4.83. The smallest absolute Gasteiger partial charge is 0.0469 e. The zero-order chi connectivity index (χ0) is 12.1. The molecule has 2 N–H and O–H groups in total. The highest BCUT2D eigenvalue weighted by atomic mass is 16.5. The molecule has 0 saturated carbocycles. The van der Waals surface area contributed by atoms with Gasteiger partial charge in [0.15, 0.2) is 0 Å². The summed E-state index contributed by atoms with van der Waals surface area (Å²) in [5.41, 5.74) is 8.65. The summed E-state index contributed by atoms with van der Waals surface area (Å²) in [6, 6.07) is 4.48. The highest BCUT2D eigenvalue weighted by Crippen LogP contribution is 2.19. The predicted octanol–water partition coefficient (Wildman–Crippen LogP) is 1.94. The normalized spacial score (nSPS) is 19.2. The summed E-state index contributed by atoms with van der Waals surface area (Å²) in [6.07, 6.45) is 6.07. The van der Waals surface area contributed by atoms with Gasteiger partial charge in [-0.05, 0) is 36.8 Å². The molecular formula is C14H22N2O. The molecule has 1 fully saturated rings. The average molecular weight is 234 g/mol. The van der Waals surface area contributed by atoms with Crippen molar-refractivity contribution in [2.45, 2.75) is 38.6 Å². The Kier molecular flexibility index (Phi) is 4.51. The first kappa shape index (κ1) is 12.5. The Morgan fingerprint density at radius 1 is 1.41 bits per heavy atom. The minimum absolute atomic E-state index is 0.221. The zero-order valence-corrected chi connectivity index (χ0v) is 10.6. The Morgan fingerprint density at radius 3 is 2.76 bits per heavy atom. The number of hydrogen-bond acceptors (Lipinski definition) is 3. The van der Waals surface area contributed by atoms with Crippen LogP contribution >= 0.6 is 0 Å². The van der Waals surface area contributed by atoms with Gasteiger partial charge in [0.1, 0.15) is 0 Å². The molecule has 3 nitrogen and oxygen atoms in total. The predicted molar refractivity (Wildman–Crippen MR) is 68.8 cm³/mol. The molecule has 3 heteroatoms. The lowest BCUT2D eigenvalue weighted by molar-refractivity contribution is 0.0584. The van der Waals surface area contributed by atoms with Crippen molar-refractivity contribution in [1.82, 2.24) is 4.98 Å². The Balaban J connectivity index is 1.89. The van der Waals surface area contributed by atoms with Gasteiger partial charge in [0.25, 0.3) is 0 Å². The van der Waals surface area contributed by atoms with E-state index in [1.54, 1.807) is 0 Å². The van der Waals surface area contributed by atoms with Crippen LogP contribution in [0.4, 0.5) is 0 Å². The van der Waals surface area contributed by atoms with Gasteiger partial charge in [0.05, 0.1) is 0 Å². The maximum Gasteiger partial charge on any atom is 0.0469 e. The van der Waals surface area contributed by atoms with E-state index in [9.17, 15) is 0 Å². The van der Waals surface area contributed by atoms with Gasteiger partial charge >= 0.3 is 0 Å². The molecule has 1 saturated heterocycles. The second-order valence-electron chi connectivity index (χ2n) is 4.83. The highest BCUT2D eigenvalue weighted by Gasteiger charge is 2.21. The van der Waals surface area contributed by atoms with Crippen molar-refractivity contribution in [3.05, 3.63) is 29.6 Å². The molecule has 1 unspecified atom stereocenters. The quantitative estimate of drug-likeness (QED) is 0.866. The van der Waals surface area contributed by atoms with Crippen LogP contribution in [-0.2, 0) is 17.6 Å². The fourth-order valence-corrected chi connectivity index (χ4v) is 2.34. The van der Waals surface area contributed by atoms with Crippen LogP contribution < -0.4 is 5.73 Å². The van der Waals surface area contributed by atoms with E-state index in [-0.39, 0.29) is 6.04 Å². The van der Waals surface area contributed by atoms with Crippen molar-refractivity contribution in [2.24, 2.45) is 11.7 Å². The summed E-state index contributed by atoms with van der Waals surface area (Å²) in [6.45, 7) is 3.87. The van der Waals surface area contributed by atoms with Crippen molar-refractivity contribution in [2.75, 3.05) is 13.2 Å². The summed E-state index contributed by atoms with van der Waals surface area (Å²) < 4.78 is 5.36. The Labute approximate surface area is 103 Å². The minimum atomic E-state index is 0.221. The van der Waals surface area contributed by atoms with Crippen molar-refractivity contribution in [1.29, 1.82) is 0 Å². The minimum Gasteiger partial charge on any atom is -0.381 e. The Bertz CT molecular complexity index is 331. The molecule has 1 atom stereocenters. The number of nitrogens with two attached hydrogens (primary N) is 1. The number of ether oxygens (including phenoxy) is 1.